The lowest BCUT2D eigenvalue weighted by atomic mass is 10.1. The van der Waals surface area contributed by atoms with E-state index in [0.717, 1.165) is 5.56 Å². The molecule has 110 valence electrons. The van der Waals surface area contributed by atoms with Crippen LogP contribution in [-0.4, -0.2) is 29.7 Å². The highest BCUT2D eigenvalue weighted by Crippen LogP contribution is 2.05. The minimum absolute atomic E-state index is 0.129. The van der Waals surface area contributed by atoms with E-state index in [1.165, 1.54) is 0 Å². The zero-order valence-corrected chi connectivity index (χ0v) is 12.1. The highest BCUT2D eigenvalue weighted by Gasteiger charge is 2.09. The van der Waals surface area contributed by atoms with E-state index in [1.807, 2.05) is 6.92 Å². The Kier molecular flexibility index (Phi) is 6.03. The average Bonchev–Trinajstić information content (AvgIpc) is 2.39. The van der Waals surface area contributed by atoms with Gasteiger partial charge < -0.3 is 15.7 Å². The van der Waals surface area contributed by atoms with E-state index in [4.69, 9.17) is 5.11 Å². The molecule has 5 heteroatoms. The van der Waals surface area contributed by atoms with Crippen molar-refractivity contribution in [3.05, 3.63) is 35.4 Å². The van der Waals surface area contributed by atoms with Gasteiger partial charge in [0.1, 0.15) is 0 Å². The summed E-state index contributed by atoms with van der Waals surface area (Å²) in [6.07, 6.45) is 0.670. The molecule has 0 spiro atoms. The third-order valence-electron chi connectivity index (χ3n) is 3.26. The Morgan fingerprint density at radius 3 is 2.25 bits per heavy atom. The van der Waals surface area contributed by atoms with Crippen molar-refractivity contribution in [1.82, 2.24) is 10.6 Å². The monoisotopic (exact) mass is 278 g/mol. The molecule has 1 atom stereocenters. The third kappa shape index (κ3) is 5.30. The number of rotatable bonds is 6. The molecule has 1 aromatic rings. The summed E-state index contributed by atoms with van der Waals surface area (Å²) >= 11 is 0. The number of hydrogen-bond donors (Lipinski definition) is 3. The molecule has 2 amide bonds. The lowest BCUT2D eigenvalue weighted by molar-refractivity contribution is 0.0697. The predicted molar refractivity (Wildman–Crippen MR) is 77.9 cm³/mol. The molecule has 0 saturated heterocycles. The molecule has 20 heavy (non-hydrogen) atoms. The van der Waals surface area contributed by atoms with Crippen LogP contribution in [-0.2, 0) is 6.42 Å². The summed E-state index contributed by atoms with van der Waals surface area (Å²) in [5, 5.41) is 14.4. The van der Waals surface area contributed by atoms with Gasteiger partial charge in [0.15, 0.2) is 0 Å². The number of hydrogen-bond acceptors (Lipinski definition) is 2. The maximum atomic E-state index is 11.6. The van der Waals surface area contributed by atoms with E-state index < -0.39 is 5.97 Å². The van der Waals surface area contributed by atoms with Gasteiger partial charge >= 0.3 is 12.0 Å². The minimum atomic E-state index is -0.934. The Morgan fingerprint density at radius 2 is 1.75 bits per heavy atom. The summed E-state index contributed by atoms with van der Waals surface area (Å²) in [5.74, 6) is -0.541. The highest BCUT2D eigenvalue weighted by atomic mass is 16.4. The van der Waals surface area contributed by atoms with Crippen LogP contribution in [0.4, 0.5) is 4.79 Å². The SMILES string of the molecule is CC(C)C(C)NC(=O)NCCc1ccc(C(=O)O)cc1. The number of nitrogens with one attached hydrogen (secondary N) is 2. The molecule has 0 heterocycles. The molecule has 0 fully saturated rings. The second-order valence-electron chi connectivity index (χ2n) is 5.19. The molecule has 1 unspecified atom stereocenters. The summed E-state index contributed by atoms with van der Waals surface area (Å²) in [6, 6.07) is 6.62. The number of carboxylic acids is 1. The van der Waals surface area contributed by atoms with E-state index in [2.05, 4.69) is 24.5 Å². The fourth-order valence-corrected chi connectivity index (χ4v) is 1.56. The van der Waals surface area contributed by atoms with Gasteiger partial charge in [0, 0.05) is 12.6 Å². The van der Waals surface area contributed by atoms with E-state index >= 15 is 0 Å². The van der Waals surface area contributed by atoms with Crippen LogP contribution < -0.4 is 10.6 Å². The lowest BCUT2D eigenvalue weighted by Gasteiger charge is -2.17. The average molecular weight is 278 g/mol. The molecule has 0 bridgehead atoms. The van der Waals surface area contributed by atoms with Crippen molar-refractivity contribution in [2.75, 3.05) is 6.54 Å². The van der Waals surface area contributed by atoms with Gasteiger partial charge in [-0.2, -0.15) is 0 Å². The van der Waals surface area contributed by atoms with Crippen LogP contribution in [0.3, 0.4) is 0 Å². The molecule has 0 aliphatic heterocycles. The van der Waals surface area contributed by atoms with E-state index in [0.29, 0.717) is 18.9 Å². The number of amides is 2. The Balaban J connectivity index is 2.33. The fourth-order valence-electron chi connectivity index (χ4n) is 1.56. The van der Waals surface area contributed by atoms with Crippen LogP contribution in [0.5, 0.6) is 0 Å². The van der Waals surface area contributed by atoms with Crippen LogP contribution >= 0.6 is 0 Å². The van der Waals surface area contributed by atoms with Gasteiger partial charge in [-0.1, -0.05) is 26.0 Å². The van der Waals surface area contributed by atoms with Gasteiger partial charge in [0.2, 0.25) is 0 Å². The number of carbonyl (C=O) groups excluding carboxylic acids is 1. The predicted octanol–water partition coefficient (Wildman–Crippen LogP) is 2.27. The smallest absolute Gasteiger partial charge is 0.335 e. The zero-order valence-electron chi connectivity index (χ0n) is 12.1. The van der Waals surface area contributed by atoms with Crippen LogP contribution in [0.25, 0.3) is 0 Å². The maximum Gasteiger partial charge on any atom is 0.335 e. The van der Waals surface area contributed by atoms with Crippen molar-refractivity contribution >= 4 is 12.0 Å². The first-order chi connectivity index (χ1) is 9.40. The van der Waals surface area contributed by atoms with Gasteiger partial charge in [-0.05, 0) is 37.0 Å². The van der Waals surface area contributed by atoms with Crippen molar-refractivity contribution in [2.45, 2.75) is 33.2 Å². The Bertz CT molecular complexity index is 455. The molecule has 1 rings (SSSR count). The van der Waals surface area contributed by atoms with Crippen molar-refractivity contribution in [2.24, 2.45) is 5.92 Å². The van der Waals surface area contributed by atoms with Crippen molar-refractivity contribution in [1.29, 1.82) is 0 Å². The van der Waals surface area contributed by atoms with Gasteiger partial charge in [-0.3, -0.25) is 0 Å². The molecule has 0 aliphatic carbocycles. The van der Waals surface area contributed by atoms with Crippen LogP contribution in [0.2, 0.25) is 0 Å². The molecular weight excluding hydrogens is 256 g/mol. The standard InChI is InChI=1S/C15H22N2O3/c1-10(2)11(3)17-15(20)16-9-8-12-4-6-13(7-5-12)14(18)19/h4-7,10-11H,8-9H2,1-3H3,(H,18,19)(H2,16,17,20). The molecule has 0 aliphatic rings. The van der Waals surface area contributed by atoms with E-state index in [-0.39, 0.29) is 17.6 Å². The summed E-state index contributed by atoms with van der Waals surface area (Å²) in [5.41, 5.74) is 1.26. The minimum Gasteiger partial charge on any atom is -0.478 e. The van der Waals surface area contributed by atoms with Crippen LogP contribution in [0.15, 0.2) is 24.3 Å². The van der Waals surface area contributed by atoms with Crippen LogP contribution in [0, 0.1) is 5.92 Å². The number of benzene rings is 1. The zero-order chi connectivity index (χ0) is 15.1. The summed E-state index contributed by atoms with van der Waals surface area (Å²) in [4.78, 5) is 22.3. The van der Waals surface area contributed by atoms with Gasteiger partial charge in [-0.15, -0.1) is 0 Å². The summed E-state index contributed by atoms with van der Waals surface area (Å²) < 4.78 is 0. The molecule has 0 saturated carbocycles. The molecule has 5 nitrogen and oxygen atoms in total. The largest absolute Gasteiger partial charge is 0.478 e. The molecule has 0 aromatic heterocycles. The van der Waals surface area contributed by atoms with Crippen molar-refractivity contribution in [3.63, 3.8) is 0 Å². The second-order valence-corrected chi connectivity index (χ2v) is 5.19. The van der Waals surface area contributed by atoms with Crippen molar-refractivity contribution in [3.8, 4) is 0 Å². The van der Waals surface area contributed by atoms with Crippen LogP contribution in [0.1, 0.15) is 36.7 Å². The Labute approximate surface area is 119 Å². The number of aromatic carboxylic acids is 1. The second kappa shape index (κ2) is 7.53. The first-order valence-corrected chi connectivity index (χ1v) is 6.76. The lowest BCUT2D eigenvalue weighted by Crippen LogP contribution is -2.43. The molecule has 1 aromatic carbocycles. The first kappa shape index (κ1) is 16.0. The van der Waals surface area contributed by atoms with E-state index in [9.17, 15) is 9.59 Å². The van der Waals surface area contributed by atoms with Gasteiger partial charge in [0.05, 0.1) is 5.56 Å². The Hall–Kier alpha value is -2.04. The molecule has 3 N–H and O–H groups in total. The first-order valence-electron chi connectivity index (χ1n) is 6.76. The van der Waals surface area contributed by atoms with Crippen molar-refractivity contribution < 1.29 is 14.7 Å². The number of carbonyl (C=O) groups is 2. The Morgan fingerprint density at radius 1 is 1.15 bits per heavy atom. The maximum absolute atomic E-state index is 11.6. The fraction of sp³-hybridized carbons (Fsp3) is 0.467. The van der Waals surface area contributed by atoms with Gasteiger partial charge in [0.25, 0.3) is 0 Å². The third-order valence-corrected chi connectivity index (χ3v) is 3.26. The number of urea groups is 1. The normalized spacial score (nSPS) is 12.0. The van der Waals surface area contributed by atoms with Gasteiger partial charge in [-0.25, -0.2) is 9.59 Å². The molecular formula is C15H22N2O3. The molecule has 0 radical (unpaired) electrons. The summed E-state index contributed by atoms with van der Waals surface area (Å²) in [6.45, 7) is 6.59. The topological polar surface area (TPSA) is 78.4 Å². The van der Waals surface area contributed by atoms with E-state index in [1.54, 1.807) is 24.3 Å². The quantitative estimate of drug-likeness (QED) is 0.747. The number of carboxylic acid groups (broad SMARTS) is 1. The summed E-state index contributed by atoms with van der Waals surface area (Å²) in [7, 11) is 0. The highest BCUT2D eigenvalue weighted by molar-refractivity contribution is 5.87.